The van der Waals surface area contributed by atoms with E-state index in [4.69, 9.17) is 4.74 Å². The summed E-state index contributed by atoms with van der Waals surface area (Å²) in [4.78, 5) is 31.1. The summed E-state index contributed by atoms with van der Waals surface area (Å²) in [6, 6.07) is 10.4. The molecule has 154 valence electrons. The van der Waals surface area contributed by atoms with E-state index in [-0.39, 0.29) is 12.1 Å². The minimum absolute atomic E-state index is 0.0724. The Morgan fingerprint density at radius 3 is 2.97 bits per heavy atom. The molecule has 8 heteroatoms. The quantitative estimate of drug-likeness (QED) is 0.721. The first-order valence-electron chi connectivity index (χ1n) is 10.4. The molecule has 3 saturated heterocycles. The number of H-pyrrole nitrogens is 1. The highest BCUT2D eigenvalue weighted by molar-refractivity contribution is 5.83. The normalized spacial score (nSPS) is 23.0. The van der Waals surface area contributed by atoms with Gasteiger partial charge in [0.05, 0.1) is 19.1 Å². The standard InChI is InChI=1S/C22H24N6O2/c1-15-23-7-6-20(25-15)27-13-22(14-27)19-12-26(8-9-28(19)21(29)30-22)11-16-10-24-18-5-3-2-4-17(16)18/h2-7,10,19,24H,8-9,11-14H2,1H3. The Morgan fingerprint density at radius 2 is 2.10 bits per heavy atom. The van der Waals surface area contributed by atoms with Crippen molar-refractivity contribution in [3.8, 4) is 0 Å². The highest BCUT2D eigenvalue weighted by atomic mass is 16.6. The molecule has 1 spiro atoms. The number of aryl methyl sites for hydroxylation is 1. The van der Waals surface area contributed by atoms with Crippen LogP contribution < -0.4 is 4.90 Å². The van der Waals surface area contributed by atoms with Crippen LogP contribution in [0.3, 0.4) is 0 Å². The van der Waals surface area contributed by atoms with E-state index in [1.54, 1.807) is 6.20 Å². The SMILES string of the molecule is Cc1nccc(N2CC3(C2)OC(=O)N2CCN(Cc4c[nH]c5ccccc45)CC23)n1. The van der Waals surface area contributed by atoms with Crippen molar-refractivity contribution >= 4 is 22.8 Å². The van der Waals surface area contributed by atoms with Gasteiger partial charge in [-0.15, -0.1) is 0 Å². The van der Waals surface area contributed by atoms with Crippen LogP contribution in [0.2, 0.25) is 0 Å². The molecule has 3 aliphatic rings. The molecule has 3 aliphatic heterocycles. The monoisotopic (exact) mass is 404 g/mol. The summed E-state index contributed by atoms with van der Waals surface area (Å²) < 4.78 is 5.94. The first-order valence-corrected chi connectivity index (χ1v) is 10.4. The number of piperazine rings is 1. The third-order valence-electron chi connectivity index (χ3n) is 6.67. The number of carbonyl (C=O) groups excluding carboxylic acids is 1. The molecule has 0 radical (unpaired) electrons. The van der Waals surface area contributed by atoms with E-state index in [0.29, 0.717) is 19.6 Å². The number of nitrogens with zero attached hydrogens (tertiary/aromatic N) is 5. The zero-order valence-corrected chi connectivity index (χ0v) is 16.9. The second kappa shape index (κ2) is 6.43. The number of anilines is 1. The Hall–Kier alpha value is -3.13. The number of rotatable bonds is 3. The largest absolute Gasteiger partial charge is 0.437 e. The van der Waals surface area contributed by atoms with Gasteiger partial charge in [-0.3, -0.25) is 9.80 Å². The minimum atomic E-state index is -0.450. The topological polar surface area (TPSA) is 77.6 Å². The molecule has 0 saturated carbocycles. The van der Waals surface area contributed by atoms with E-state index in [0.717, 1.165) is 36.8 Å². The van der Waals surface area contributed by atoms with Crippen molar-refractivity contribution in [2.24, 2.45) is 0 Å². The number of benzene rings is 1. The molecule has 30 heavy (non-hydrogen) atoms. The average molecular weight is 404 g/mol. The number of amides is 1. The van der Waals surface area contributed by atoms with E-state index in [9.17, 15) is 4.79 Å². The molecular formula is C22H24N6O2. The third kappa shape index (κ3) is 2.67. The molecule has 3 aromatic rings. The summed E-state index contributed by atoms with van der Waals surface area (Å²) in [6.07, 6.45) is 3.70. The van der Waals surface area contributed by atoms with Gasteiger partial charge in [0.15, 0.2) is 5.60 Å². The number of ether oxygens (including phenoxy) is 1. The van der Waals surface area contributed by atoms with Crippen molar-refractivity contribution in [1.29, 1.82) is 0 Å². The second-order valence-electron chi connectivity index (χ2n) is 8.55. The highest BCUT2D eigenvalue weighted by Gasteiger charge is 2.62. The van der Waals surface area contributed by atoms with Crippen molar-refractivity contribution in [2.45, 2.75) is 25.1 Å². The van der Waals surface area contributed by atoms with E-state index < -0.39 is 5.60 Å². The molecule has 5 heterocycles. The van der Waals surface area contributed by atoms with Crippen molar-refractivity contribution in [3.05, 3.63) is 54.1 Å². The maximum absolute atomic E-state index is 12.5. The Bertz CT molecular complexity index is 1120. The van der Waals surface area contributed by atoms with Gasteiger partial charge in [-0.1, -0.05) is 18.2 Å². The molecule has 1 N–H and O–H groups in total. The van der Waals surface area contributed by atoms with Gasteiger partial charge in [-0.05, 0) is 24.6 Å². The van der Waals surface area contributed by atoms with Gasteiger partial charge in [-0.25, -0.2) is 14.8 Å². The van der Waals surface area contributed by atoms with Gasteiger partial charge in [0.2, 0.25) is 0 Å². The first kappa shape index (κ1) is 17.7. The molecule has 6 rings (SSSR count). The lowest BCUT2D eigenvalue weighted by Gasteiger charge is -2.51. The summed E-state index contributed by atoms with van der Waals surface area (Å²) in [7, 11) is 0. The fraction of sp³-hybridized carbons (Fsp3) is 0.409. The molecule has 1 amide bonds. The van der Waals surface area contributed by atoms with Crippen LogP contribution >= 0.6 is 0 Å². The summed E-state index contributed by atoms with van der Waals surface area (Å²) in [5.74, 6) is 1.65. The van der Waals surface area contributed by atoms with Crippen LogP contribution in [-0.4, -0.2) is 75.2 Å². The van der Waals surface area contributed by atoms with Crippen molar-refractivity contribution in [3.63, 3.8) is 0 Å². The Balaban J connectivity index is 1.20. The Morgan fingerprint density at radius 1 is 1.23 bits per heavy atom. The van der Waals surface area contributed by atoms with Gasteiger partial charge in [-0.2, -0.15) is 0 Å². The number of aromatic nitrogens is 3. The molecular weight excluding hydrogens is 380 g/mol. The number of para-hydroxylation sites is 1. The fourth-order valence-electron chi connectivity index (χ4n) is 5.11. The molecule has 1 atom stereocenters. The molecule has 0 bridgehead atoms. The zero-order valence-electron chi connectivity index (χ0n) is 16.9. The number of hydrogen-bond acceptors (Lipinski definition) is 6. The van der Waals surface area contributed by atoms with E-state index in [1.165, 1.54) is 10.9 Å². The van der Waals surface area contributed by atoms with Gasteiger partial charge >= 0.3 is 6.09 Å². The lowest BCUT2D eigenvalue weighted by molar-refractivity contribution is -0.00991. The Labute approximate surface area is 174 Å². The predicted octanol–water partition coefficient (Wildman–Crippen LogP) is 2.16. The van der Waals surface area contributed by atoms with Gasteiger partial charge in [0.25, 0.3) is 0 Å². The van der Waals surface area contributed by atoms with Gasteiger partial charge in [0.1, 0.15) is 11.6 Å². The van der Waals surface area contributed by atoms with E-state index >= 15 is 0 Å². The number of carbonyl (C=O) groups is 1. The van der Waals surface area contributed by atoms with Crippen LogP contribution in [-0.2, 0) is 11.3 Å². The Kier molecular flexibility index (Phi) is 3.80. The number of aromatic amines is 1. The van der Waals surface area contributed by atoms with Crippen LogP contribution in [0, 0.1) is 6.92 Å². The highest BCUT2D eigenvalue weighted by Crippen LogP contribution is 2.41. The first-order chi connectivity index (χ1) is 14.6. The molecule has 3 fully saturated rings. The predicted molar refractivity (Wildman–Crippen MR) is 112 cm³/mol. The van der Waals surface area contributed by atoms with Crippen molar-refractivity contribution in [1.82, 2.24) is 24.8 Å². The van der Waals surface area contributed by atoms with Crippen LogP contribution in [0.1, 0.15) is 11.4 Å². The number of nitrogens with one attached hydrogen (secondary N) is 1. The maximum Gasteiger partial charge on any atom is 0.411 e. The summed E-state index contributed by atoms with van der Waals surface area (Å²) in [5, 5.41) is 1.27. The molecule has 1 unspecified atom stereocenters. The van der Waals surface area contributed by atoms with Crippen LogP contribution in [0.25, 0.3) is 10.9 Å². The van der Waals surface area contributed by atoms with Crippen LogP contribution in [0.5, 0.6) is 0 Å². The summed E-state index contributed by atoms with van der Waals surface area (Å²) >= 11 is 0. The number of hydrogen-bond donors (Lipinski definition) is 1. The summed E-state index contributed by atoms with van der Waals surface area (Å²) in [6.45, 7) is 6.50. The molecule has 2 aromatic heterocycles. The molecule has 8 nitrogen and oxygen atoms in total. The maximum atomic E-state index is 12.5. The smallest absolute Gasteiger partial charge is 0.411 e. The van der Waals surface area contributed by atoms with Gasteiger partial charge in [0, 0.05) is 49.5 Å². The second-order valence-corrected chi connectivity index (χ2v) is 8.55. The van der Waals surface area contributed by atoms with Gasteiger partial charge < -0.3 is 14.6 Å². The van der Waals surface area contributed by atoms with Crippen molar-refractivity contribution < 1.29 is 9.53 Å². The fourth-order valence-corrected chi connectivity index (χ4v) is 5.11. The van der Waals surface area contributed by atoms with Crippen molar-refractivity contribution in [2.75, 3.05) is 37.6 Å². The zero-order chi connectivity index (χ0) is 20.3. The summed E-state index contributed by atoms with van der Waals surface area (Å²) in [5.41, 5.74) is 2.01. The minimum Gasteiger partial charge on any atom is -0.437 e. The molecule has 1 aromatic carbocycles. The van der Waals surface area contributed by atoms with Crippen LogP contribution in [0.15, 0.2) is 42.7 Å². The van der Waals surface area contributed by atoms with E-state index in [2.05, 4.69) is 49.1 Å². The van der Waals surface area contributed by atoms with E-state index in [1.807, 2.05) is 24.0 Å². The third-order valence-corrected chi connectivity index (χ3v) is 6.67. The number of fused-ring (bicyclic) bond motifs is 3. The average Bonchev–Trinajstić information content (AvgIpc) is 3.26. The van der Waals surface area contributed by atoms with Crippen LogP contribution in [0.4, 0.5) is 10.6 Å². The molecule has 0 aliphatic carbocycles. The lowest BCUT2D eigenvalue weighted by atomic mass is 9.84. The lowest BCUT2D eigenvalue weighted by Crippen LogP contribution is -2.71.